The van der Waals surface area contributed by atoms with Crippen LogP contribution in [0.15, 0.2) is 200 Å². The van der Waals surface area contributed by atoms with E-state index in [0.717, 1.165) is 28.0 Å². The van der Waals surface area contributed by atoms with Gasteiger partial charge < -0.3 is 0 Å². The second-order valence-corrected chi connectivity index (χ2v) is 14.0. The average Bonchev–Trinajstić information content (AvgIpc) is 3.25. The third-order valence-corrected chi connectivity index (χ3v) is 10.6. The molecule has 0 aliphatic heterocycles. The number of hydrogen-bond donors (Lipinski definition) is 2. The number of nitrogens with zero attached hydrogens (tertiary/aromatic N) is 2. The summed E-state index contributed by atoms with van der Waals surface area (Å²) >= 11 is 0. The van der Waals surface area contributed by atoms with Crippen LogP contribution in [-0.4, -0.2) is 16.4 Å². The fourth-order valence-electron chi connectivity index (χ4n) is 7.88. The van der Waals surface area contributed by atoms with Gasteiger partial charge in [-0.1, -0.05) is 133 Å². The molecule has 0 radical (unpaired) electrons. The Balaban J connectivity index is 1.08. The zero-order chi connectivity index (χ0) is 36.7. The molecule has 0 unspecified atom stereocenters. The van der Waals surface area contributed by atoms with Crippen molar-refractivity contribution < 1.29 is 0 Å². The minimum Gasteiger partial charge on any atom is -0.299 e. The first-order valence-corrected chi connectivity index (χ1v) is 18.5. The summed E-state index contributed by atoms with van der Waals surface area (Å²) in [7, 11) is 0. The second-order valence-electron chi connectivity index (χ2n) is 14.0. The smallest absolute Gasteiger partial charge is 0.108 e. The Hall–Kier alpha value is -7.43. The lowest BCUT2D eigenvalue weighted by atomic mass is 9.84. The summed E-state index contributed by atoms with van der Waals surface area (Å²) in [6.07, 6.45) is 9.52. The van der Waals surface area contributed by atoms with Crippen LogP contribution in [0.5, 0.6) is 0 Å². The number of hydrogen-bond acceptors (Lipinski definition) is 4. The van der Waals surface area contributed by atoms with E-state index < -0.39 is 0 Å². The maximum absolute atomic E-state index is 8.97. The first kappa shape index (κ1) is 32.2. The van der Waals surface area contributed by atoms with Gasteiger partial charge in [0.1, 0.15) is 5.71 Å². The van der Waals surface area contributed by atoms with Gasteiger partial charge >= 0.3 is 0 Å². The van der Waals surface area contributed by atoms with Gasteiger partial charge in [-0.3, -0.25) is 15.8 Å². The van der Waals surface area contributed by atoms with E-state index in [1.165, 1.54) is 65.3 Å². The molecule has 2 N–H and O–H groups in total. The lowest BCUT2D eigenvalue weighted by molar-refractivity contribution is 1.32. The van der Waals surface area contributed by atoms with Crippen molar-refractivity contribution in [2.75, 3.05) is 5.43 Å². The Bertz CT molecular complexity index is 3060. The lowest BCUT2D eigenvalue weighted by Gasteiger charge is -2.20. The van der Waals surface area contributed by atoms with Gasteiger partial charge in [0.2, 0.25) is 0 Å². The molecule has 0 bridgehead atoms. The molecule has 55 heavy (non-hydrogen) atoms. The summed E-state index contributed by atoms with van der Waals surface area (Å²) < 4.78 is 0. The molecule has 1 heterocycles. The largest absolute Gasteiger partial charge is 0.299 e. The normalized spacial score (nSPS) is 13.6. The van der Waals surface area contributed by atoms with Crippen LogP contribution in [0, 0.1) is 5.41 Å². The minimum atomic E-state index is 0.349. The summed E-state index contributed by atoms with van der Waals surface area (Å²) in [5.74, 6) is 0. The van der Waals surface area contributed by atoms with Gasteiger partial charge in [-0.15, -0.1) is 0 Å². The maximum atomic E-state index is 8.97. The molecule has 1 aromatic heterocycles. The Kier molecular flexibility index (Phi) is 7.93. The zero-order valence-corrected chi connectivity index (χ0v) is 29.9. The molecule has 0 atom stereocenters. The van der Waals surface area contributed by atoms with Crippen molar-refractivity contribution in [1.29, 1.82) is 5.41 Å². The number of rotatable bonds is 6. The monoisotopic (exact) mass is 702 g/mol. The van der Waals surface area contributed by atoms with Crippen molar-refractivity contribution in [1.82, 2.24) is 4.98 Å². The first-order chi connectivity index (χ1) is 27.2. The Morgan fingerprint density at radius 1 is 0.455 bits per heavy atom. The van der Waals surface area contributed by atoms with Crippen molar-refractivity contribution in [3.05, 3.63) is 200 Å². The number of aromatic nitrogens is 1. The molecule has 0 fully saturated rings. The number of pyridine rings is 1. The molecule has 0 saturated heterocycles. The summed E-state index contributed by atoms with van der Waals surface area (Å²) in [5, 5.41) is 23.2. The molecule has 9 aromatic rings. The van der Waals surface area contributed by atoms with Crippen molar-refractivity contribution >= 4 is 65.8 Å². The van der Waals surface area contributed by atoms with Gasteiger partial charge in [0.05, 0.1) is 11.4 Å². The molecule has 1 aliphatic carbocycles. The van der Waals surface area contributed by atoms with E-state index in [1.54, 1.807) is 6.20 Å². The Morgan fingerprint density at radius 3 is 1.67 bits per heavy atom. The van der Waals surface area contributed by atoms with Crippen LogP contribution in [0.3, 0.4) is 0 Å². The molecule has 1 aliphatic rings. The molecular formula is C51H34N4. The first-order valence-electron chi connectivity index (χ1n) is 18.5. The fraction of sp³-hybridized carbons (Fsp3) is 0. The molecule has 8 aromatic carbocycles. The fourth-order valence-corrected chi connectivity index (χ4v) is 7.88. The number of benzene rings is 8. The average molecular weight is 703 g/mol. The standard InChI is InChI=1S/C51H34N4/c52-48-31-39(22-26-49(48)55-54-43-23-19-35(20-24-43)42-12-7-27-53-32-42)38-21-25-46-47(30-38)51(41-18-16-34-9-2-4-11-37(34)29-41)45-14-6-5-13-44(45)50(46)40-17-15-33-8-1-3-10-36(33)28-40/h1-32,52,54H/b52-48?,55-49-. The number of fused-ring (bicyclic) bond motifs is 4. The summed E-state index contributed by atoms with van der Waals surface area (Å²) in [4.78, 5) is 4.22. The molecule has 0 spiro atoms. The van der Waals surface area contributed by atoms with Gasteiger partial charge in [0.15, 0.2) is 0 Å². The van der Waals surface area contributed by atoms with Crippen LogP contribution in [0.2, 0.25) is 0 Å². The molecule has 258 valence electrons. The molecular weight excluding hydrogens is 669 g/mol. The highest BCUT2D eigenvalue weighted by Gasteiger charge is 2.19. The van der Waals surface area contributed by atoms with Crippen molar-refractivity contribution in [3.8, 4) is 33.4 Å². The third-order valence-electron chi connectivity index (χ3n) is 10.6. The molecule has 0 saturated carbocycles. The van der Waals surface area contributed by atoms with Crippen LogP contribution in [0.25, 0.3) is 82.0 Å². The van der Waals surface area contributed by atoms with Gasteiger partial charge in [0, 0.05) is 12.4 Å². The Labute approximate surface area is 319 Å². The second kappa shape index (κ2) is 13.5. The summed E-state index contributed by atoms with van der Waals surface area (Å²) in [6.45, 7) is 0. The number of allylic oxidation sites excluding steroid dienone is 4. The van der Waals surface area contributed by atoms with E-state index in [4.69, 9.17) is 5.41 Å². The van der Waals surface area contributed by atoms with Crippen LogP contribution in [0.1, 0.15) is 5.56 Å². The van der Waals surface area contributed by atoms with Gasteiger partial charge in [-0.05, 0) is 136 Å². The number of hydrazone groups is 1. The maximum Gasteiger partial charge on any atom is 0.108 e. The molecule has 4 heteroatoms. The van der Waals surface area contributed by atoms with Crippen LogP contribution < -0.4 is 5.43 Å². The molecule has 4 nitrogen and oxygen atoms in total. The lowest BCUT2D eigenvalue weighted by Crippen LogP contribution is -2.13. The minimum absolute atomic E-state index is 0.349. The van der Waals surface area contributed by atoms with E-state index in [9.17, 15) is 0 Å². The topological polar surface area (TPSA) is 61.1 Å². The molecule has 10 rings (SSSR count). The summed E-state index contributed by atoms with van der Waals surface area (Å²) in [5.41, 5.74) is 13.9. The number of nitrogens with one attached hydrogen (secondary N) is 2. The van der Waals surface area contributed by atoms with Crippen molar-refractivity contribution in [2.45, 2.75) is 0 Å². The van der Waals surface area contributed by atoms with Crippen molar-refractivity contribution in [2.24, 2.45) is 5.10 Å². The highest BCUT2D eigenvalue weighted by molar-refractivity contribution is 6.51. The Morgan fingerprint density at radius 2 is 1.04 bits per heavy atom. The predicted molar refractivity (Wildman–Crippen MR) is 233 cm³/mol. The van der Waals surface area contributed by atoms with Gasteiger partial charge in [-0.25, -0.2) is 0 Å². The van der Waals surface area contributed by atoms with E-state index in [1.807, 2.05) is 54.7 Å². The van der Waals surface area contributed by atoms with E-state index in [0.29, 0.717) is 11.4 Å². The van der Waals surface area contributed by atoms with Crippen molar-refractivity contribution in [3.63, 3.8) is 0 Å². The SMILES string of the molecule is N=C1C=C(c2ccc3c(-c4ccc5ccccc5c4)c4ccccc4c(-c4ccc5ccccc5c4)c3c2)C=C/C1=N/Nc1ccc(-c2cccnc2)cc1. The van der Waals surface area contributed by atoms with Crippen LogP contribution in [-0.2, 0) is 0 Å². The van der Waals surface area contributed by atoms with Gasteiger partial charge in [0.25, 0.3) is 0 Å². The third kappa shape index (κ3) is 5.96. The zero-order valence-electron chi connectivity index (χ0n) is 29.9. The van der Waals surface area contributed by atoms with Crippen LogP contribution in [0.4, 0.5) is 5.69 Å². The van der Waals surface area contributed by atoms with Gasteiger partial charge in [-0.2, -0.15) is 5.10 Å². The van der Waals surface area contributed by atoms with E-state index in [2.05, 4.69) is 149 Å². The highest BCUT2D eigenvalue weighted by atomic mass is 15.3. The predicted octanol–water partition coefficient (Wildman–Crippen LogP) is 13.1. The quantitative estimate of drug-likeness (QED) is 0.103. The van der Waals surface area contributed by atoms with E-state index in [-0.39, 0.29) is 0 Å². The number of anilines is 1. The summed E-state index contributed by atoms with van der Waals surface area (Å²) in [6, 6.07) is 58.3. The van der Waals surface area contributed by atoms with E-state index >= 15 is 0 Å². The molecule has 0 amide bonds. The highest BCUT2D eigenvalue weighted by Crippen LogP contribution is 2.45. The van der Waals surface area contributed by atoms with Crippen LogP contribution >= 0.6 is 0 Å².